The Morgan fingerprint density at radius 1 is 1.24 bits per heavy atom. The fourth-order valence-corrected chi connectivity index (χ4v) is 2.70. The van der Waals surface area contributed by atoms with E-state index in [4.69, 9.17) is 0 Å². The average molecular weight is 285 g/mol. The Bertz CT molecular complexity index is 628. The molecule has 0 N–H and O–H groups in total. The molecule has 2 aromatic rings. The highest BCUT2D eigenvalue weighted by atomic mass is 19.1. The van der Waals surface area contributed by atoms with Crippen molar-refractivity contribution in [3.8, 4) is 0 Å². The van der Waals surface area contributed by atoms with Crippen LogP contribution < -0.4 is 0 Å². The van der Waals surface area contributed by atoms with E-state index in [0.717, 1.165) is 38.2 Å². The van der Waals surface area contributed by atoms with E-state index in [-0.39, 0.29) is 5.82 Å². The van der Waals surface area contributed by atoms with Crippen molar-refractivity contribution in [1.82, 2.24) is 14.7 Å². The van der Waals surface area contributed by atoms with Crippen molar-refractivity contribution in [3.63, 3.8) is 0 Å². The first kappa shape index (κ1) is 14.0. The summed E-state index contributed by atoms with van der Waals surface area (Å²) in [4.78, 5) is 2.41. The summed E-state index contributed by atoms with van der Waals surface area (Å²) >= 11 is 0. The number of aryl methyl sites for hydroxylation is 1. The van der Waals surface area contributed by atoms with Crippen molar-refractivity contribution in [2.45, 2.75) is 26.4 Å². The number of rotatable bonds is 4. The molecule has 0 atom stereocenters. The average Bonchev–Trinajstić information content (AvgIpc) is 2.97. The minimum atomic E-state index is -0.176. The van der Waals surface area contributed by atoms with Crippen LogP contribution in [0.4, 0.5) is 4.39 Å². The molecule has 3 nitrogen and oxygen atoms in total. The lowest BCUT2D eigenvalue weighted by Gasteiger charge is -2.26. The van der Waals surface area contributed by atoms with Crippen LogP contribution in [-0.2, 0) is 13.1 Å². The third-order valence-electron chi connectivity index (χ3n) is 3.93. The fourth-order valence-electron chi connectivity index (χ4n) is 2.70. The van der Waals surface area contributed by atoms with Crippen LogP contribution in [0.3, 0.4) is 0 Å². The molecule has 1 aliphatic heterocycles. The van der Waals surface area contributed by atoms with E-state index in [1.807, 2.05) is 23.0 Å². The molecule has 0 aliphatic carbocycles. The smallest absolute Gasteiger partial charge is 0.123 e. The van der Waals surface area contributed by atoms with Crippen LogP contribution in [0.25, 0.3) is 5.57 Å². The molecular formula is C17H20FN3. The maximum Gasteiger partial charge on any atom is 0.123 e. The Hall–Kier alpha value is -1.94. The number of halogens is 1. The maximum absolute atomic E-state index is 13.0. The summed E-state index contributed by atoms with van der Waals surface area (Å²) in [5.41, 5.74) is 3.71. The van der Waals surface area contributed by atoms with Crippen LogP contribution >= 0.6 is 0 Å². The second kappa shape index (κ2) is 6.22. The van der Waals surface area contributed by atoms with Gasteiger partial charge in [0.05, 0.1) is 6.20 Å². The molecule has 2 heterocycles. The van der Waals surface area contributed by atoms with Crippen molar-refractivity contribution in [1.29, 1.82) is 0 Å². The molecule has 0 amide bonds. The summed E-state index contributed by atoms with van der Waals surface area (Å²) < 4.78 is 14.9. The van der Waals surface area contributed by atoms with E-state index in [1.54, 1.807) is 0 Å². The second-order valence-electron chi connectivity index (χ2n) is 5.43. The highest BCUT2D eigenvalue weighted by Crippen LogP contribution is 2.23. The van der Waals surface area contributed by atoms with E-state index in [9.17, 15) is 4.39 Å². The first-order chi connectivity index (χ1) is 10.2. The first-order valence-corrected chi connectivity index (χ1v) is 7.43. The highest BCUT2D eigenvalue weighted by molar-refractivity contribution is 5.66. The molecular weight excluding hydrogens is 265 g/mol. The number of hydrogen-bond donors (Lipinski definition) is 0. The predicted molar refractivity (Wildman–Crippen MR) is 82.2 cm³/mol. The van der Waals surface area contributed by atoms with Gasteiger partial charge in [0.25, 0.3) is 0 Å². The van der Waals surface area contributed by atoms with Crippen LogP contribution in [0.2, 0.25) is 0 Å². The third-order valence-corrected chi connectivity index (χ3v) is 3.93. The summed E-state index contributed by atoms with van der Waals surface area (Å²) in [6.07, 6.45) is 7.32. The monoisotopic (exact) mass is 285 g/mol. The van der Waals surface area contributed by atoms with Gasteiger partial charge in [0.1, 0.15) is 5.82 Å². The topological polar surface area (TPSA) is 21.1 Å². The maximum atomic E-state index is 13.0. The zero-order valence-electron chi connectivity index (χ0n) is 12.3. The van der Waals surface area contributed by atoms with Gasteiger partial charge in [-0.25, -0.2) is 4.39 Å². The van der Waals surface area contributed by atoms with E-state index < -0.39 is 0 Å². The van der Waals surface area contributed by atoms with Crippen LogP contribution in [-0.4, -0.2) is 27.8 Å². The van der Waals surface area contributed by atoms with Crippen molar-refractivity contribution in [2.75, 3.05) is 13.1 Å². The van der Waals surface area contributed by atoms with Crippen LogP contribution in [0, 0.1) is 5.82 Å². The molecule has 1 aliphatic rings. The lowest BCUT2D eigenvalue weighted by molar-refractivity contribution is 0.294. The van der Waals surface area contributed by atoms with Gasteiger partial charge in [0.2, 0.25) is 0 Å². The minimum Gasteiger partial charge on any atom is -0.295 e. The zero-order valence-corrected chi connectivity index (χ0v) is 12.3. The standard InChI is InChI=1S/C17H20FN3/c1-2-21-13-14(11-19-21)12-20-9-7-16(8-10-20)15-3-5-17(18)6-4-15/h3-7,11,13H,2,8-10,12H2,1H3. The van der Waals surface area contributed by atoms with Crippen molar-refractivity contribution < 1.29 is 4.39 Å². The SMILES string of the molecule is CCn1cc(CN2CC=C(c3ccc(F)cc3)CC2)cn1. The quantitative estimate of drug-likeness (QED) is 0.859. The van der Waals surface area contributed by atoms with Crippen LogP contribution in [0.15, 0.2) is 42.7 Å². The molecule has 0 bridgehead atoms. The molecule has 110 valence electrons. The Labute approximate surface area is 124 Å². The molecule has 0 spiro atoms. The number of aromatic nitrogens is 2. The van der Waals surface area contributed by atoms with Gasteiger partial charge in [-0.05, 0) is 36.6 Å². The fraction of sp³-hybridized carbons (Fsp3) is 0.353. The minimum absolute atomic E-state index is 0.176. The molecule has 3 rings (SSSR count). The first-order valence-electron chi connectivity index (χ1n) is 7.43. The van der Waals surface area contributed by atoms with Crippen molar-refractivity contribution in [3.05, 3.63) is 59.7 Å². The third kappa shape index (κ3) is 3.39. The molecule has 0 saturated heterocycles. The molecule has 1 aromatic carbocycles. The van der Waals surface area contributed by atoms with Gasteiger partial charge in [0, 0.05) is 37.9 Å². The van der Waals surface area contributed by atoms with Gasteiger partial charge in [-0.3, -0.25) is 9.58 Å². The van der Waals surface area contributed by atoms with E-state index in [2.05, 4.69) is 29.2 Å². The van der Waals surface area contributed by atoms with E-state index >= 15 is 0 Å². The second-order valence-corrected chi connectivity index (χ2v) is 5.43. The molecule has 1 aromatic heterocycles. The lowest BCUT2D eigenvalue weighted by atomic mass is 9.99. The largest absolute Gasteiger partial charge is 0.295 e. The Morgan fingerprint density at radius 3 is 2.67 bits per heavy atom. The molecule has 4 heteroatoms. The van der Waals surface area contributed by atoms with Crippen LogP contribution in [0.5, 0.6) is 0 Å². The Morgan fingerprint density at radius 2 is 2.05 bits per heavy atom. The van der Waals surface area contributed by atoms with Gasteiger partial charge in [-0.1, -0.05) is 18.2 Å². The predicted octanol–water partition coefficient (Wildman–Crippen LogP) is 3.33. The summed E-state index contributed by atoms with van der Waals surface area (Å²) in [7, 11) is 0. The van der Waals surface area contributed by atoms with Crippen molar-refractivity contribution in [2.24, 2.45) is 0 Å². The summed E-state index contributed by atoms with van der Waals surface area (Å²) in [6.45, 7) is 5.90. The molecule has 0 radical (unpaired) electrons. The van der Waals surface area contributed by atoms with Gasteiger partial charge in [-0.15, -0.1) is 0 Å². The highest BCUT2D eigenvalue weighted by Gasteiger charge is 2.13. The van der Waals surface area contributed by atoms with Gasteiger partial charge < -0.3 is 0 Å². The van der Waals surface area contributed by atoms with Gasteiger partial charge in [-0.2, -0.15) is 5.10 Å². The molecule has 0 fully saturated rings. The molecule has 21 heavy (non-hydrogen) atoms. The van der Waals surface area contributed by atoms with Crippen molar-refractivity contribution >= 4 is 5.57 Å². The van der Waals surface area contributed by atoms with Gasteiger partial charge >= 0.3 is 0 Å². The summed E-state index contributed by atoms with van der Waals surface area (Å²) in [5, 5.41) is 4.31. The summed E-state index contributed by atoms with van der Waals surface area (Å²) in [6, 6.07) is 6.79. The Kier molecular flexibility index (Phi) is 4.15. The van der Waals surface area contributed by atoms with E-state index in [0.29, 0.717) is 0 Å². The number of hydrogen-bond acceptors (Lipinski definition) is 2. The molecule has 0 unspecified atom stereocenters. The number of benzene rings is 1. The Balaban J connectivity index is 1.62. The van der Waals surface area contributed by atoms with E-state index in [1.165, 1.54) is 23.3 Å². The van der Waals surface area contributed by atoms with Gasteiger partial charge in [0.15, 0.2) is 0 Å². The molecule has 0 saturated carbocycles. The number of nitrogens with zero attached hydrogens (tertiary/aromatic N) is 3. The lowest BCUT2D eigenvalue weighted by Crippen LogP contribution is -2.27. The van der Waals surface area contributed by atoms with Crippen LogP contribution in [0.1, 0.15) is 24.5 Å². The normalized spacial score (nSPS) is 16.0. The summed E-state index contributed by atoms with van der Waals surface area (Å²) in [5.74, 6) is -0.176. The zero-order chi connectivity index (χ0) is 14.7.